The molecule has 0 bridgehead atoms. The van der Waals surface area contributed by atoms with Crippen molar-refractivity contribution < 1.29 is 5.11 Å². The molecule has 4 rings (SSSR count). The number of aromatic hydroxyl groups is 1. The molecule has 4 nitrogen and oxygen atoms in total. The number of hydrogen-bond donors (Lipinski definition) is 1. The number of nitrogens with zero attached hydrogens (tertiary/aromatic N) is 3. The quantitative estimate of drug-likeness (QED) is 0.610. The lowest BCUT2D eigenvalue weighted by Crippen LogP contribution is -2.02. The molecule has 0 atom stereocenters. The molecule has 0 aliphatic heterocycles. The first-order valence-electron chi connectivity index (χ1n) is 6.81. The Morgan fingerprint density at radius 3 is 2.67 bits per heavy atom. The summed E-state index contributed by atoms with van der Waals surface area (Å²) in [6, 6.07) is 19.6. The van der Waals surface area contributed by atoms with Gasteiger partial charge in [-0.3, -0.25) is 0 Å². The molecule has 0 amide bonds. The van der Waals surface area contributed by atoms with Crippen LogP contribution in [0, 0.1) is 0 Å². The molecule has 4 aromatic rings. The molecule has 0 radical (unpaired) electrons. The lowest BCUT2D eigenvalue weighted by molar-refractivity contribution is 0.470. The van der Waals surface area contributed by atoms with Crippen molar-refractivity contribution in [3.63, 3.8) is 0 Å². The lowest BCUT2D eigenvalue weighted by atomic mass is 10.1. The molecule has 1 N–H and O–H groups in total. The Hall–Kier alpha value is -2.88. The summed E-state index contributed by atoms with van der Waals surface area (Å²) < 4.78 is 1.80. The molecule has 0 aliphatic carbocycles. The minimum absolute atomic E-state index is 0.313. The van der Waals surface area contributed by atoms with Gasteiger partial charge in [-0.2, -0.15) is 0 Å². The van der Waals surface area contributed by atoms with Gasteiger partial charge in [0.1, 0.15) is 11.3 Å². The summed E-state index contributed by atoms with van der Waals surface area (Å²) in [5, 5.41) is 20.7. The van der Waals surface area contributed by atoms with Gasteiger partial charge < -0.3 is 5.11 Å². The van der Waals surface area contributed by atoms with Gasteiger partial charge >= 0.3 is 0 Å². The third kappa shape index (κ3) is 1.92. The summed E-state index contributed by atoms with van der Waals surface area (Å²) in [6.45, 7) is 0.497. The van der Waals surface area contributed by atoms with Crippen LogP contribution in [0.15, 0.2) is 60.7 Å². The van der Waals surface area contributed by atoms with Crippen LogP contribution in [-0.2, 0) is 6.54 Å². The van der Waals surface area contributed by atoms with E-state index in [2.05, 4.69) is 10.3 Å². The average molecular weight is 275 g/mol. The second-order valence-corrected chi connectivity index (χ2v) is 5.03. The van der Waals surface area contributed by atoms with Crippen LogP contribution in [0.25, 0.3) is 21.8 Å². The fourth-order valence-corrected chi connectivity index (χ4v) is 2.62. The molecule has 0 saturated carbocycles. The molecule has 4 heteroatoms. The topological polar surface area (TPSA) is 50.9 Å². The summed E-state index contributed by atoms with van der Waals surface area (Å²) in [5.74, 6) is 0.313. The third-order valence-corrected chi connectivity index (χ3v) is 3.72. The van der Waals surface area contributed by atoms with E-state index in [1.807, 2.05) is 60.7 Å². The van der Waals surface area contributed by atoms with E-state index in [0.717, 1.165) is 27.4 Å². The van der Waals surface area contributed by atoms with Crippen LogP contribution >= 0.6 is 0 Å². The van der Waals surface area contributed by atoms with Crippen LogP contribution < -0.4 is 0 Å². The van der Waals surface area contributed by atoms with E-state index in [4.69, 9.17) is 0 Å². The van der Waals surface area contributed by atoms with Crippen molar-refractivity contribution in [2.24, 2.45) is 0 Å². The Kier molecular flexibility index (Phi) is 2.60. The predicted molar refractivity (Wildman–Crippen MR) is 82.2 cm³/mol. The molecular weight excluding hydrogens is 262 g/mol. The largest absolute Gasteiger partial charge is 0.507 e. The highest BCUT2D eigenvalue weighted by molar-refractivity contribution is 5.89. The fourth-order valence-electron chi connectivity index (χ4n) is 2.62. The number of rotatable bonds is 2. The van der Waals surface area contributed by atoms with Gasteiger partial charge in [-0.15, -0.1) is 5.10 Å². The molecule has 0 unspecified atom stereocenters. The fraction of sp³-hybridized carbons (Fsp3) is 0.0588. The highest BCUT2D eigenvalue weighted by atomic mass is 16.3. The molecule has 102 valence electrons. The van der Waals surface area contributed by atoms with Crippen molar-refractivity contribution in [2.45, 2.75) is 6.54 Å². The minimum atomic E-state index is 0.313. The zero-order valence-electron chi connectivity index (χ0n) is 11.3. The van der Waals surface area contributed by atoms with Gasteiger partial charge in [-0.1, -0.05) is 53.7 Å². The number of fused-ring (bicyclic) bond motifs is 2. The summed E-state index contributed by atoms with van der Waals surface area (Å²) in [4.78, 5) is 0. The maximum absolute atomic E-state index is 10.5. The second-order valence-electron chi connectivity index (χ2n) is 5.03. The Balaban J connectivity index is 1.82. The van der Waals surface area contributed by atoms with Crippen molar-refractivity contribution in [1.29, 1.82) is 0 Å². The molecule has 21 heavy (non-hydrogen) atoms. The highest BCUT2D eigenvalue weighted by Crippen LogP contribution is 2.29. The van der Waals surface area contributed by atoms with Crippen molar-refractivity contribution >= 4 is 21.8 Å². The molecular formula is C17H13N3O. The van der Waals surface area contributed by atoms with Crippen molar-refractivity contribution in [3.8, 4) is 5.75 Å². The van der Waals surface area contributed by atoms with Crippen LogP contribution in [0.3, 0.4) is 0 Å². The van der Waals surface area contributed by atoms with Crippen LogP contribution in [0.2, 0.25) is 0 Å². The Labute approximate surface area is 121 Å². The number of benzene rings is 3. The van der Waals surface area contributed by atoms with Gasteiger partial charge in [0.2, 0.25) is 0 Å². The molecule has 0 aliphatic rings. The first-order chi connectivity index (χ1) is 10.3. The first kappa shape index (κ1) is 11.9. The molecule has 1 heterocycles. The zero-order chi connectivity index (χ0) is 14.2. The van der Waals surface area contributed by atoms with Gasteiger partial charge in [0.05, 0.1) is 12.1 Å². The minimum Gasteiger partial charge on any atom is -0.507 e. The van der Waals surface area contributed by atoms with E-state index in [1.165, 1.54) is 0 Å². The number of aromatic nitrogens is 3. The smallest absolute Gasteiger partial charge is 0.128 e. The summed E-state index contributed by atoms with van der Waals surface area (Å²) in [6.07, 6.45) is 0. The lowest BCUT2D eigenvalue weighted by Gasteiger charge is -2.08. The monoisotopic (exact) mass is 275 g/mol. The standard InChI is InChI=1S/C17H13N3O/c21-17-13(10-9-12-5-1-2-6-14(12)17)11-20-16-8-4-3-7-15(16)18-19-20/h1-10,21H,11H2. The van der Waals surface area contributed by atoms with Gasteiger partial charge in [0, 0.05) is 10.9 Å². The molecule has 0 fully saturated rings. The van der Waals surface area contributed by atoms with Crippen LogP contribution in [0.1, 0.15) is 5.56 Å². The van der Waals surface area contributed by atoms with E-state index >= 15 is 0 Å². The van der Waals surface area contributed by atoms with Crippen molar-refractivity contribution in [1.82, 2.24) is 15.0 Å². The highest BCUT2D eigenvalue weighted by Gasteiger charge is 2.09. The van der Waals surface area contributed by atoms with E-state index < -0.39 is 0 Å². The average Bonchev–Trinajstić information content (AvgIpc) is 2.94. The van der Waals surface area contributed by atoms with Gasteiger partial charge in [0.15, 0.2) is 0 Å². The maximum atomic E-state index is 10.5. The summed E-state index contributed by atoms with van der Waals surface area (Å²) >= 11 is 0. The van der Waals surface area contributed by atoms with Gasteiger partial charge in [-0.05, 0) is 17.5 Å². The Morgan fingerprint density at radius 2 is 1.71 bits per heavy atom. The molecule has 3 aromatic carbocycles. The third-order valence-electron chi connectivity index (χ3n) is 3.72. The molecule has 1 aromatic heterocycles. The van der Waals surface area contributed by atoms with E-state index in [0.29, 0.717) is 12.3 Å². The Bertz CT molecular complexity index is 943. The number of hydrogen-bond acceptors (Lipinski definition) is 3. The van der Waals surface area contributed by atoms with Gasteiger partial charge in [-0.25, -0.2) is 4.68 Å². The van der Waals surface area contributed by atoms with Crippen LogP contribution in [0.4, 0.5) is 0 Å². The summed E-state index contributed by atoms with van der Waals surface area (Å²) in [7, 11) is 0. The molecule has 0 spiro atoms. The number of phenolic OH excluding ortho intramolecular Hbond substituents is 1. The van der Waals surface area contributed by atoms with Crippen LogP contribution in [-0.4, -0.2) is 20.1 Å². The first-order valence-corrected chi connectivity index (χ1v) is 6.81. The van der Waals surface area contributed by atoms with Crippen molar-refractivity contribution in [3.05, 3.63) is 66.2 Å². The molecule has 0 saturated heterocycles. The van der Waals surface area contributed by atoms with Crippen LogP contribution in [0.5, 0.6) is 5.75 Å². The van der Waals surface area contributed by atoms with E-state index in [1.54, 1.807) is 4.68 Å². The SMILES string of the molecule is Oc1c(Cn2nnc3ccccc32)ccc2ccccc12. The summed E-state index contributed by atoms with van der Waals surface area (Å²) in [5.41, 5.74) is 2.66. The van der Waals surface area contributed by atoms with E-state index in [9.17, 15) is 5.11 Å². The van der Waals surface area contributed by atoms with Gasteiger partial charge in [0.25, 0.3) is 0 Å². The maximum Gasteiger partial charge on any atom is 0.128 e. The Morgan fingerprint density at radius 1 is 0.905 bits per heavy atom. The number of phenols is 1. The second kappa shape index (κ2) is 4.59. The predicted octanol–water partition coefficient (Wildman–Crippen LogP) is 3.34. The number of para-hydroxylation sites is 1. The normalized spacial score (nSPS) is 11.2. The van der Waals surface area contributed by atoms with E-state index in [-0.39, 0.29) is 0 Å². The zero-order valence-corrected chi connectivity index (χ0v) is 11.3. The van der Waals surface area contributed by atoms with Crippen molar-refractivity contribution in [2.75, 3.05) is 0 Å².